The van der Waals surface area contributed by atoms with E-state index in [1.54, 1.807) is 26.8 Å². The van der Waals surface area contributed by atoms with E-state index in [9.17, 15) is 4.79 Å². The Morgan fingerprint density at radius 3 is 2.93 bits per heavy atom. The zero-order chi connectivity index (χ0) is 10.6. The summed E-state index contributed by atoms with van der Waals surface area (Å²) in [4.78, 5) is 16.0. The molecule has 1 rings (SSSR count). The molecule has 0 bridgehead atoms. The van der Waals surface area contributed by atoms with E-state index in [0.29, 0.717) is 0 Å². The normalized spacial score (nSPS) is 15.5. The largest absolute Gasteiger partial charge is 0.456 e. The highest BCUT2D eigenvalue weighted by molar-refractivity contribution is 6.09. The van der Waals surface area contributed by atoms with Gasteiger partial charge in [0, 0.05) is 0 Å². The molecule has 0 aromatic rings. The predicted octanol–water partition coefficient (Wildman–Crippen LogP) is 1.66. The van der Waals surface area contributed by atoms with Crippen LogP contribution >= 0.6 is 0 Å². The first-order valence-electron chi connectivity index (χ1n) is 4.21. The van der Waals surface area contributed by atoms with E-state index in [-0.39, 0.29) is 5.57 Å². The number of esters is 1. The number of nitrogens with zero attached hydrogens (tertiary/aromatic N) is 1. The molecule has 0 saturated carbocycles. The fourth-order valence-corrected chi connectivity index (χ4v) is 0.761. The van der Waals surface area contributed by atoms with Crippen LogP contribution in [0.25, 0.3) is 0 Å². The quantitative estimate of drug-likeness (QED) is 0.596. The van der Waals surface area contributed by atoms with Gasteiger partial charge in [-0.15, -0.1) is 0 Å². The second-order valence-corrected chi connectivity index (χ2v) is 3.72. The van der Waals surface area contributed by atoms with Crippen molar-refractivity contribution in [2.24, 2.45) is 5.16 Å². The van der Waals surface area contributed by atoms with Crippen LogP contribution in [0.4, 0.5) is 0 Å². The van der Waals surface area contributed by atoms with Gasteiger partial charge in [0.2, 0.25) is 0 Å². The Bertz CT molecular complexity index is 308. The van der Waals surface area contributed by atoms with Gasteiger partial charge in [-0.25, -0.2) is 4.79 Å². The van der Waals surface area contributed by atoms with Crippen LogP contribution in [0.3, 0.4) is 0 Å². The number of rotatable bonds is 1. The van der Waals surface area contributed by atoms with Crippen molar-refractivity contribution >= 4 is 12.2 Å². The van der Waals surface area contributed by atoms with Crippen molar-refractivity contribution in [1.29, 1.82) is 0 Å². The van der Waals surface area contributed by atoms with E-state index in [1.807, 2.05) is 0 Å². The van der Waals surface area contributed by atoms with Gasteiger partial charge in [-0.1, -0.05) is 5.16 Å². The second-order valence-electron chi connectivity index (χ2n) is 3.72. The van der Waals surface area contributed by atoms with Crippen LogP contribution in [-0.4, -0.2) is 17.8 Å². The van der Waals surface area contributed by atoms with Gasteiger partial charge in [0.15, 0.2) is 0 Å². The zero-order valence-electron chi connectivity index (χ0n) is 8.40. The van der Waals surface area contributed by atoms with Crippen molar-refractivity contribution < 1.29 is 14.4 Å². The van der Waals surface area contributed by atoms with Gasteiger partial charge >= 0.3 is 5.97 Å². The van der Waals surface area contributed by atoms with Crippen LogP contribution in [0.1, 0.15) is 20.8 Å². The fourth-order valence-electron chi connectivity index (χ4n) is 0.761. The SMILES string of the molecule is CC(C)(C)OC(=O)C1=CC=CON=[C]1. The minimum atomic E-state index is -0.517. The number of carbonyl (C=O) groups is 1. The summed E-state index contributed by atoms with van der Waals surface area (Å²) in [6, 6.07) is 0. The highest BCUT2D eigenvalue weighted by atomic mass is 16.6. The Labute approximate surface area is 82.9 Å². The van der Waals surface area contributed by atoms with Crippen molar-refractivity contribution in [3.63, 3.8) is 0 Å². The molecule has 1 aliphatic rings. The number of carbonyl (C=O) groups excluding carboxylic acids is 1. The molecular formula is C10H12NO3. The molecule has 0 fully saturated rings. The molecule has 75 valence electrons. The maximum atomic E-state index is 11.5. The summed E-state index contributed by atoms with van der Waals surface area (Å²) in [5.74, 6) is -0.462. The maximum absolute atomic E-state index is 11.5. The van der Waals surface area contributed by atoms with Crippen molar-refractivity contribution in [2.75, 3.05) is 0 Å². The van der Waals surface area contributed by atoms with Crippen LogP contribution < -0.4 is 0 Å². The average Bonchev–Trinajstić information content (AvgIpc) is 2.27. The molecule has 4 heteroatoms. The summed E-state index contributed by atoms with van der Waals surface area (Å²) in [5, 5.41) is 3.40. The summed E-state index contributed by atoms with van der Waals surface area (Å²) in [5.41, 5.74) is -0.273. The lowest BCUT2D eigenvalue weighted by molar-refractivity contribution is -0.149. The number of hydrogen-bond donors (Lipinski definition) is 0. The minimum absolute atomic E-state index is 0.244. The number of hydrogen-bond acceptors (Lipinski definition) is 4. The number of allylic oxidation sites excluding steroid dienone is 2. The highest BCUT2D eigenvalue weighted by Crippen LogP contribution is 2.10. The minimum Gasteiger partial charge on any atom is -0.456 e. The molecule has 0 unspecified atom stereocenters. The smallest absolute Gasteiger partial charge is 0.341 e. The van der Waals surface area contributed by atoms with E-state index in [2.05, 4.69) is 16.2 Å². The van der Waals surface area contributed by atoms with Crippen molar-refractivity contribution in [1.82, 2.24) is 0 Å². The molecule has 0 aromatic heterocycles. The molecule has 0 amide bonds. The standard InChI is InChI=1S/C10H12NO3/c1-10(2,3)14-9(12)8-5-4-6-13-11-7-8/h4-6H,1-3H3. The Morgan fingerprint density at radius 2 is 2.29 bits per heavy atom. The Hall–Kier alpha value is -1.58. The van der Waals surface area contributed by atoms with Gasteiger partial charge in [-0.2, -0.15) is 0 Å². The van der Waals surface area contributed by atoms with Crippen molar-refractivity contribution in [3.05, 3.63) is 24.0 Å². The van der Waals surface area contributed by atoms with Crippen molar-refractivity contribution in [2.45, 2.75) is 26.4 Å². The molecule has 0 atom stereocenters. The first-order chi connectivity index (χ1) is 6.49. The topological polar surface area (TPSA) is 47.9 Å². The van der Waals surface area contributed by atoms with Crippen molar-refractivity contribution in [3.8, 4) is 0 Å². The Kier molecular flexibility index (Phi) is 3.06. The Morgan fingerprint density at radius 1 is 1.57 bits per heavy atom. The molecule has 1 radical (unpaired) electrons. The summed E-state index contributed by atoms with van der Waals surface area (Å²) < 4.78 is 5.11. The molecule has 0 N–H and O–H groups in total. The van der Waals surface area contributed by atoms with Gasteiger partial charge < -0.3 is 9.57 Å². The number of ether oxygens (including phenoxy) is 1. The monoisotopic (exact) mass is 194 g/mol. The summed E-state index contributed by atoms with van der Waals surface area (Å²) >= 11 is 0. The third-order valence-corrected chi connectivity index (χ3v) is 1.24. The lowest BCUT2D eigenvalue weighted by atomic mass is 10.2. The molecule has 0 saturated heterocycles. The second kappa shape index (κ2) is 4.09. The van der Waals surface area contributed by atoms with E-state index in [4.69, 9.17) is 4.74 Å². The molecule has 4 nitrogen and oxygen atoms in total. The lowest BCUT2D eigenvalue weighted by Gasteiger charge is -2.19. The molecule has 0 aromatic carbocycles. The molecule has 0 spiro atoms. The molecule has 14 heavy (non-hydrogen) atoms. The van der Waals surface area contributed by atoms with Gasteiger partial charge in [0.25, 0.3) is 0 Å². The van der Waals surface area contributed by atoms with Crippen LogP contribution in [-0.2, 0) is 14.4 Å². The molecule has 0 aliphatic carbocycles. The highest BCUT2D eigenvalue weighted by Gasteiger charge is 2.19. The van der Waals surface area contributed by atoms with Crippen LogP contribution in [0.5, 0.6) is 0 Å². The maximum Gasteiger partial charge on any atom is 0.341 e. The van der Waals surface area contributed by atoms with Gasteiger partial charge in [0.05, 0.1) is 5.57 Å². The van der Waals surface area contributed by atoms with E-state index in [1.165, 1.54) is 12.3 Å². The molecule has 1 heterocycles. The van der Waals surface area contributed by atoms with Gasteiger partial charge in [-0.3, -0.25) is 0 Å². The lowest BCUT2D eigenvalue weighted by Crippen LogP contribution is -2.25. The van der Waals surface area contributed by atoms with Crippen LogP contribution in [0.15, 0.2) is 29.1 Å². The van der Waals surface area contributed by atoms with Gasteiger partial charge in [-0.05, 0) is 32.9 Å². The Balaban J connectivity index is 2.69. The first kappa shape index (κ1) is 10.5. The van der Waals surface area contributed by atoms with Crippen LogP contribution in [0, 0.1) is 0 Å². The summed E-state index contributed by atoms with van der Waals surface area (Å²) in [7, 11) is 0. The van der Waals surface area contributed by atoms with E-state index >= 15 is 0 Å². The van der Waals surface area contributed by atoms with E-state index < -0.39 is 11.6 Å². The third kappa shape index (κ3) is 3.43. The molecule has 1 aliphatic heterocycles. The first-order valence-corrected chi connectivity index (χ1v) is 4.21. The van der Waals surface area contributed by atoms with E-state index in [0.717, 1.165) is 0 Å². The van der Waals surface area contributed by atoms with Gasteiger partial charge in [0.1, 0.15) is 18.1 Å². The van der Waals surface area contributed by atoms with Crippen LogP contribution in [0.2, 0.25) is 0 Å². The average molecular weight is 194 g/mol. The summed E-state index contributed by atoms with van der Waals surface area (Å²) in [6.07, 6.45) is 6.87. The third-order valence-electron chi connectivity index (χ3n) is 1.24. The predicted molar refractivity (Wildman–Crippen MR) is 51.6 cm³/mol. The molecular weight excluding hydrogens is 182 g/mol. The summed E-state index contributed by atoms with van der Waals surface area (Å²) in [6.45, 7) is 5.39. The zero-order valence-corrected chi connectivity index (χ0v) is 8.40. The fraction of sp³-hybridized carbons (Fsp3) is 0.400.